The van der Waals surface area contributed by atoms with Gasteiger partial charge >= 0.3 is 0 Å². The molecule has 0 atom stereocenters. The summed E-state index contributed by atoms with van der Waals surface area (Å²) >= 11 is 14.3. The number of aryl methyl sites for hydroxylation is 2. The largest absolute Gasteiger partial charge is 0.312 e. The van der Waals surface area contributed by atoms with E-state index >= 15 is 0 Å². The van der Waals surface area contributed by atoms with Gasteiger partial charge in [-0.3, -0.25) is 0 Å². The molecule has 134 valence electrons. The predicted molar refractivity (Wildman–Crippen MR) is 108 cm³/mol. The van der Waals surface area contributed by atoms with Crippen molar-refractivity contribution in [2.45, 2.75) is 26.8 Å². The first-order chi connectivity index (χ1) is 11.5. The molecule has 8 heteroatoms. The third-order valence-corrected chi connectivity index (χ3v) is 5.15. The molecule has 3 aromatic rings. The van der Waals surface area contributed by atoms with Crippen LogP contribution in [0.2, 0.25) is 10.2 Å². The third kappa shape index (κ3) is 4.96. The number of benzene rings is 1. The molecule has 0 fully saturated rings. The first-order valence-corrected chi connectivity index (χ1v) is 9.30. The average Bonchev–Trinajstić information content (AvgIpc) is 3.08. The van der Waals surface area contributed by atoms with Crippen molar-refractivity contribution in [3.05, 3.63) is 61.8 Å². The molecule has 1 N–H and O–H groups in total. The smallest absolute Gasteiger partial charge is 0.137 e. The minimum atomic E-state index is 0. The highest BCUT2D eigenvalue weighted by atomic mass is 35.5. The van der Waals surface area contributed by atoms with Gasteiger partial charge in [0.1, 0.15) is 5.15 Å². The fourth-order valence-corrected chi connectivity index (χ4v) is 3.63. The van der Waals surface area contributed by atoms with Gasteiger partial charge in [0.2, 0.25) is 0 Å². The summed E-state index contributed by atoms with van der Waals surface area (Å²) in [5, 5.41) is 12.4. The number of hydrogen-bond acceptors (Lipinski definition) is 4. The number of nitrogens with zero attached hydrogens (tertiary/aromatic N) is 3. The predicted octanol–water partition coefficient (Wildman–Crippen LogP) is 5.01. The van der Waals surface area contributed by atoms with Crippen molar-refractivity contribution in [1.29, 1.82) is 0 Å². The van der Waals surface area contributed by atoms with Crippen molar-refractivity contribution >= 4 is 46.9 Å². The van der Waals surface area contributed by atoms with Crippen LogP contribution in [0.4, 0.5) is 0 Å². The molecule has 0 saturated heterocycles. The molecule has 0 saturated carbocycles. The number of hydrogen-bond donors (Lipinski definition) is 1. The zero-order chi connectivity index (χ0) is 17.1. The molecule has 0 spiro atoms. The third-order valence-electron chi connectivity index (χ3n) is 3.70. The summed E-state index contributed by atoms with van der Waals surface area (Å²) in [6, 6.07) is 7.50. The molecular weight excluding hydrogens is 399 g/mol. The lowest BCUT2D eigenvalue weighted by Crippen LogP contribution is -2.17. The van der Waals surface area contributed by atoms with Gasteiger partial charge in [-0.15, -0.1) is 23.7 Å². The van der Waals surface area contributed by atoms with Gasteiger partial charge in [-0.1, -0.05) is 29.3 Å². The van der Waals surface area contributed by atoms with Crippen LogP contribution < -0.4 is 5.32 Å². The van der Waals surface area contributed by atoms with Crippen LogP contribution in [0.15, 0.2) is 29.6 Å². The van der Waals surface area contributed by atoms with Gasteiger partial charge in [0.05, 0.1) is 22.1 Å². The second-order valence-corrected chi connectivity index (χ2v) is 7.39. The summed E-state index contributed by atoms with van der Waals surface area (Å²) in [4.78, 5) is 4.47. The van der Waals surface area contributed by atoms with E-state index in [1.165, 1.54) is 0 Å². The Bertz CT molecular complexity index is 844. The Morgan fingerprint density at radius 1 is 1.24 bits per heavy atom. The minimum absolute atomic E-state index is 0. The standard InChI is InChI=1S/C17H18Cl2N4S.ClH/c1-11-16(9-20-7-6-14-10-24-12(2)21-14)17(19)23(22-11)15-5-3-4-13(18)8-15;/h3-5,8,10,20H,6-7,9H2,1-2H3;1H. The van der Waals surface area contributed by atoms with Crippen molar-refractivity contribution in [2.75, 3.05) is 6.54 Å². The van der Waals surface area contributed by atoms with Crippen molar-refractivity contribution < 1.29 is 0 Å². The van der Waals surface area contributed by atoms with E-state index in [2.05, 4.69) is 20.8 Å². The quantitative estimate of drug-likeness (QED) is 0.573. The van der Waals surface area contributed by atoms with E-state index in [9.17, 15) is 0 Å². The number of halogens is 3. The lowest BCUT2D eigenvalue weighted by atomic mass is 10.2. The Kier molecular flexibility index (Phi) is 7.28. The Labute approximate surface area is 167 Å². The fraction of sp³-hybridized carbons (Fsp3) is 0.294. The van der Waals surface area contributed by atoms with Gasteiger partial charge in [0.15, 0.2) is 0 Å². The minimum Gasteiger partial charge on any atom is -0.312 e. The van der Waals surface area contributed by atoms with Crippen LogP contribution in [0.1, 0.15) is 22.0 Å². The Hall–Kier alpha value is -1.11. The molecule has 1 aromatic carbocycles. The lowest BCUT2D eigenvalue weighted by molar-refractivity contribution is 0.679. The zero-order valence-electron chi connectivity index (χ0n) is 13.9. The maximum absolute atomic E-state index is 6.52. The summed E-state index contributed by atoms with van der Waals surface area (Å²) in [5.74, 6) is 0. The van der Waals surface area contributed by atoms with Gasteiger partial charge < -0.3 is 5.32 Å². The van der Waals surface area contributed by atoms with Crippen LogP contribution in [-0.4, -0.2) is 21.3 Å². The molecule has 2 aromatic heterocycles. The lowest BCUT2D eigenvalue weighted by Gasteiger charge is -2.05. The molecule has 4 nitrogen and oxygen atoms in total. The molecular formula is C17H19Cl3N4S. The molecule has 2 heterocycles. The summed E-state index contributed by atoms with van der Waals surface area (Å²) < 4.78 is 1.73. The van der Waals surface area contributed by atoms with E-state index in [1.54, 1.807) is 16.0 Å². The molecule has 0 bridgehead atoms. The van der Waals surface area contributed by atoms with Gasteiger partial charge in [-0.2, -0.15) is 5.10 Å². The highest BCUT2D eigenvalue weighted by molar-refractivity contribution is 7.09. The number of nitrogens with one attached hydrogen (secondary N) is 1. The highest BCUT2D eigenvalue weighted by Gasteiger charge is 2.14. The summed E-state index contributed by atoms with van der Waals surface area (Å²) in [6.07, 6.45) is 0.906. The first kappa shape index (κ1) is 20.2. The fourth-order valence-electron chi connectivity index (χ4n) is 2.46. The van der Waals surface area contributed by atoms with E-state index in [0.717, 1.165) is 40.6 Å². The van der Waals surface area contributed by atoms with Crippen molar-refractivity contribution in [2.24, 2.45) is 0 Å². The van der Waals surface area contributed by atoms with Gasteiger partial charge in [0.25, 0.3) is 0 Å². The van der Waals surface area contributed by atoms with Gasteiger partial charge in [0, 0.05) is 35.5 Å². The molecule has 0 aliphatic heterocycles. The molecule has 0 radical (unpaired) electrons. The number of rotatable bonds is 6. The van der Waals surface area contributed by atoms with E-state index in [-0.39, 0.29) is 12.4 Å². The van der Waals surface area contributed by atoms with Crippen LogP contribution in [0.5, 0.6) is 0 Å². The van der Waals surface area contributed by atoms with Crippen molar-refractivity contribution in [3.8, 4) is 5.69 Å². The molecule has 25 heavy (non-hydrogen) atoms. The second-order valence-electron chi connectivity index (χ2n) is 5.53. The molecule has 0 unspecified atom stereocenters. The second kappa shape index (κ2) is 9.01. The monoisotopic (exact) mass is 416 g/mol. The summed E-state index contributed by atoms with van der Waals surface area (Å²) in [5.41, 5.74) is 3.91. The Morgan fingerprint density at radius 3 is 2.72 bits per heavy atom. The van der Waals surface area contributed by atoms with Crippen molar-refractivity contribution in [1.82, 2.24) is 20.1 Å². The average molecular weight is 418 g/mol. The topological polar surface area (TPSA) is 42.7 Å². The van der Waals surface area contributed by atoms with Crippen LogP contribution in [0, 0.1) is 13.8 Å². The zero-order valence-corrected chi connectivity index (χ0v) is 17.1. The van der Waals surface area contributed by atoms with Crippen molar-refractivity contribution in [3.63, 3.8) is 0 Å². The Balaban J connectivity index is 0.00000225. The van der Waals surface area contributed by atoms with E-state index < -0.39 is 0 Å². The summed E-state index contributed by atoms with van der Waals surface area (Å²) in [6.45, 7) is 5.51. The SMILES string of the molecule is Cc1nc(CCNCc2c(C)nn(-c3cccc(Cl)c3)c2Cl)cs1.Cl. The number of thiazole rings is 1. The van der Waals surface area contributed by atoms with Crippen LogP contribution >= 0.6 is 46.9 Å². The molecule has 0 aliphatic rings. The van der Waals surface area contributed by atoms with E-state index in [0.29, 0.717) is 16.7 Å². The maximum atomic E-state index is 6.52. The van der Waals surface area contributed by atoms with E-state index in [4.69, 9.17) is 23.2 Å². The van der Waals surface area contributed by atoms with Crippen LogP contribution in [0.3, 0.4) is 0 Å². The molecule has 3 rings (SSSR count). The van der Waals surface area contributed by atoms with Gasteiger partial charge in [-0.25, -0.2) is 9.67 Å². The Morgan fingerprint density at radius 2 is 2.04 bits per heavy atom. The van der Waals surface area contributed by atoms with Crippen LogP contribution in [0.25, 0.3) is 5.69 Å². The number of aromatic nitrogens is 3. The first-order valence-electron chi connectivity index (χ1n) is 7.66. The highest BCUT2D eigenvalue weighted by Crippen LogP contribution is 2.24. The maximum Gasteiger partial charge on any atom is 0.137 e. The van der Waals surface area contributed by atoms with E-state index in [1.807, 2.05) is 38.1 Å². The molecule has 0 amide bonds. The summed E-state index contributed by atoms with van der Waals surface area (Å²) in [7, 11) is 0. The molecule has 0 aliphatic carbocycles. The normalized spacial score (nSPS) is 10.7. The van der Waals surface area contributed by atoms with Gasteiger partial charge in [-0.05, 0) is 32.0 Å². The van der Waals surface area contributed by atoms with Crippen LogP contribution in [-0.2, 0) is 13.0 Å².